The van der Waals surface area contributed by atoms with Crippen molar-refractivity contribution in [2.75, 3.05) is 19.6 Å². The standard InChI is InChI=1S/C13H21NO2/c1-3-8-14(4-2)9-7-11-5-6-12(15)13(16)10-11/h5-6,10,15-16H,3-4,7-9H2,1-2H3. The molecule has 0 aliphatic rings. The Morgan fingerprint density at radius 2 is 1.81 bits per heavy atom. The molecule has 1 aromatic rings. The van der Waals surface area contributed by atoms with Crippen molar-refractivity contribution in [2.45, 2.75) is 26.7 Å². The van der Waals surface area contributed by atoms with Gasteiger partial charge in [0.1, 0.15) is 0 Å². The van der Waals surface area contributed by atoms with Gasteiger partial charge in [-0.1, -0.05) is 19.9 Å². The molecule has 90 valence electrons. The molecular weight excluding hydrogens is 202 g/mol. The molecule has 0 aliphatic heterocycles. The highest BCUT2D eigenvalue weighted by Crippen LogP contribution is 2.25. The number of benzene rings is 1. The Morgan fingerprint density at radius 1 is 1.06 bits per heavy atom. The predicted molar refractivity (Wildman–Crippen MR) is 65.9 cm³/mol. The molecule has 0 saturated heterocycles. The summed E-state index contributed by atoms with van der Waals surface area (Å²) in [5.41, 5.74) is 1.06. The van der Waals surface area contributed by atoms with Crippen LogP contribution in [0.1, 0.15) is 25.8 Å². The van der Waals surface area contributed by atoms with Crippen LogP contribution < -0.4 is 0 Å². The normalized spacial score (nSPS) is 10.9. The lowest BCUT2D eigenvalue weighted by Gasteiger charge is -2.19. The Hall–Kier alpha value is -1.22. The van der Waals surface area contributed by atoms with Crippen molar-refractivity contribution in [2.24, 2.45) is 0 Å². The molecule has 0 radical (unpaired) electrons. The van der Waals surface area contributed by atoms with Gasteiger partial charge in [0.2, 0.25) is 0 Å². The fourth-order valence-corrected chi connectivity index (χ4v) is 1.76. The van der Waals surface area contributed by atoms with Crippen LogP contribution in [0.4, 0.5) is 0 Å². The lowest BCUT2D eigenvalue weighted by molar-refractivity contribution is 0.292. The van der Waals surface area contributed by atoms with Gasteiger partial charge in [-0.3, -0.25) is 0 Å². The third-order valence-corrected chi connectivity index (χ3v) is 2.74. The molecule has 0 heterocycles. The van der Waals surface area contributed by atoms with Gasteiger partial charge in [-0.05, 0) is 43.6 Å². The molecule has 0 unspecified atom stereocenters. The van der Waals surface area contributed by atoms with E-state index >= 15 is 0 Å². The van der Waals surface area contributed by atoms with Crippen LogP contribution in [0.15, 0.2) is 18.2 Å². The van der Waals surface area contributed by atoms with Crippen molar-refractivity contribution in [3.63, 3.8) is 0 Å². The highest BCUT2D eigenvalue weighted by molar-refractivity contribution is 5.40. The fraction of sp³-hybridized carbons (Fsp3) is 0.538. The van der Waals surface area contributed by atoms with Gasteiger partial charge in [-0.2, -0.15) is 0 Å². The summed E-state index contributed by atoms with van der Waals surface area (Å²) in [6.07, 6.45) is 2.07. The highest BCUT2D eigenvalue weighted by Gasteiger charge is 2.04. The first-order valence-corrected chi connectivity index (χ1v) is 5.90. The highest BCUT2D eigenvalue weighted by atomic mass is 16.3. The van der Waals surface area contributed by atoms with E-state index in [1.54, 1.807) is 12.1 Å². The van der Waals surface area contributed by atoms with Crippen LogP contribution in [0.25, 0.3) is 0 Å². The number of nitrogens with zero attached hydrogens (tertiary/aromatic N) is 1. The molecule has 16 heavy (non-hydrogen) atoms. The zero-order valence-corrected chi connectivity index (χ0v) is 10.1. The molecule has 0 atom stereocenters. The van der Waals surface area contributed by atoms with Gasteiger partial charge in [-0.15, -0.1) is 0 Å². The maximum atomic E-state index is 9.36. The van der Waals surface area contributed by atoms with E-state index in [-0.39, 0.29) is 11.5 Å². The summed E-state index contributed by atoms with van der Waals surface area (Å²) >= 11 is 0. The van der Waals surface area contributed by atoms with Gasteiger partial charge in [0.15, 0.2) is 11.5 Å². The van der Waals surface area contributed by atoms with E-state index in [2.05, 4.69) is 18.7 Å². The average molecular weight is 223 g/mol. The van der Waals surface area contributed by atoms with E-state index in [1.807, 2.05) is 6.07 Å². The van der Waals surface area contributed by atoms with E-state index < -0.39 is 0 Å². The Bertz CT molecular complexity index is 326. The van der Waals surface area contributed by atoms with Crippen LogP contribution in [0, 0.1) is 0 Å². The van der Waals surface area contributed by atoms with Crippen molar-refractivity contribution in [1.29, 1.82) is 0 Å². The van der Waals surface area contributed by atoms with Crippen LogP contribution in [-0.4, -0.2) is 34.7 Å². The summed E-state index contributed by atoms with van der Waals surface area (Å²) in [7, 11) is 0. The van der Waals surface area contributed by atoms with Crippen molar-refractivity contribution < 1.29 is 10.2 Å². The van der Waals surface area contributed by atoms with Crippen LogP contribution in [0.2, 0.25) is 0 Å². The second-order valence-corrected chi connectivity index (χ2v) is 4.01. The second-order valence-electron chi connectivity index (χ2n) is 4.01. The number of hydrogen-bond donors (Lipinski definition) is 2. The number of rotatable bonds is 6. The van der Waals surface area contributed by atoms with E-state index in [1.165, 1.54) is 0 Å². The first-order valence-electron chi connectivity index (χ1n) is 5.90. The van der Waals surface area contributed by atoms with Crippen molar-refractivity contribution in [1.82, 2.24) is 4.90 Å². The third kappa shape index (κ3) is 3.74. The minimum atomic E-state index is -0.0512. The molecule has 1 aromatic carbocycles. The summed E-state index contributed by atoms with van der Waals surface area (Å²) in [4.78, 5) is 2.38. The molecule has 3 nitrogen and oxygen atoms in total. The zero-order valence-electron chi connectivity index (χ0n) is 10.1. The molecule has 0 fully saturated rings. The summed E-state index contributed by atoms with van der Waals surface area (Å²) in [5, 5.41) is 18.6. The van der Waals surface area contributed by atoms with Gasteiger partial charge in [0.25, 0.3) is 0 Å². The van der Waals surface area contributed by atoms with E-state index in [4.69, 9.17) is 0 Å². The lowest BCUT2D eigenvalue weighted by atomic mass is 10.1. The molecule has 0 aromatic heterocycles. The summed E-state index contributed by atoms with van der Waals surface area (Å²) in [5.74, 6) is -0.0827. The van der Waals surface area contributed by atoms with Gasteiger partial charge < -0.3 is 15.1 Å². The Kier molecular flexibility index (Phi) is 5.12. The number of hydrogen-bond acceptors (Lipinski definition) is 3. The lowest BCUT2D eigenvalue weighted by Crippen LogP contribution is -2.26. The molecule has 3 heteroatoms. The number of phenols is 2. The molecule has 0 bridgehead atoms. The molecule has 0 aliphatic carbocycles. The Morgan fingerprint density at radius 3 is 2.38 bits per heavy atom. The minimum absolute atomic E-state index is 0.0314. The van der Waals surface area contributed by atoms with Crippen LogP contribution in [0.3, 0.4) is 0 Å². The number of aromatic hydroxyl groups is 2. The SMILES string of the molecule is CCCN(CC)CCc1ccc(O)c(O)c1. The van der Waals surface area contributed by atoms with Gasteiger partial charge in [0.05, 0.1) is 0 Å². The molecular formula is C13H21NO2. The summed E-state index contributed by atoms with van der Waals surface area (Å²) in [6, 6.07) is 5.03. The Balaban J connectivity index is 2.50. The number of phenolic OH excluding ortho intramolecular Hbond substituents is 2. The van der Waals surface area contributed by atoms with E-state index in [0.29, 0.717) is 0 Å². The average Bonchev–Trinajstić information content (AvgIpc) is 2.28. The molecule has 0 spiro atoms. The minimum Gasteiger partial charge on any atom is -0.504 e. The number of likely N-dealkylation sites (N-methyl/N-ethyl adjacent to an activating group) is 1. The largest absolute Gasteiger partial charge is 0.504 e. The summed E-state index contributed by atoms with van der Waals surface area (Å²) < 4.78 is 0. The molecule has 0 saturated carbocycles. The van der Waals surface area contributed by atoms with E-state index in [0.717, 1.165) is 38.0 Å². The van der Waals surface area contributed by atoms with Crippen LogP contribution >= 0.6 is 0 Å². The smallest absolute Gasteiger partial charge is 0.157 e. The quantitative estimate of drug-likeness (QED) is 0.728. The molecule has 0 amide bonds. The maximum absolute atomic E-state index is 9.36. The fourth-order valence-electron chi connectivity index (χ4n) is 1.76. The third-order valence-electron chi connectivity index (χ3n) is 2.74. The van der Waals surface area contributed by atoms with Crippen LogP contribution in [-0.2, 0) is 6.42 Å². The monoisotopic (exact) mass is 223 g/mol. The molecule has 1 rings (SSSR count). The molecule has 2 N–H and O–H groups in total. The Labute approximate surface area is 97.3 Å². The van der Waals surface area contributed by atoms with Crippen molar-refractivity contribution in [3.05, 3.63) is 23.8 Å². The zero-order chi connectivity index (χ0) is 12.0. The van der Waals surface area contributed by atoms with Gasteiger partial charge in [0, 0.05) is 6.54 Å². The van der Waals surface area contributed by atoms with Crippen molar-refractivity contribution in [3.8, 4) is 11.5 Å². The van der Waals surface area contributed by atoms with Crippen LogP contribution in [0.5, 0.6) is 11.5 Å². The first kappa shape index (κ1) is 12.8. The second kappa shape index (κ2) is 6.38. The van der Waals surface area contributed by atoms with Crippen molar-refractivity contribution >= 4 is 0 Å². The first-order chi connectivity index (χ1) is 7.67. The van der Waals surface area contributed by atoms with Gasteiger partial charge >= 0.3 is 0 Å². The summed E-state index contributed by atoms with van der Waals surface area (Å²) in [6.45, 7) is 7.49. The van der Waals surface area contributed by atoms with E-state index in [9.17, 15) is 10.2 Å². The van der Waals surface area contributed by atoms with Gasteiger partial charge in [-0.25, -0.2) is 0 Å². The topological polar surface area (TPSA) is 43.7 Å². The maximum Gasteiger partial charge on any atom is 0.157 e. The predicted octanol–water partition coefficient (Wildman–Crippen LogP) is 2.37.